The van der Waals surface area contributed by atoms with Crippen LogP contribution < -0.4 is 31.9 Å². The van der Waals surface area contributed by atoms with Crippen molar-refractivity contribution in [1.29, 1.82) is 0 Å². The predicted octanol–water partition coefficient (Wildman–Crippen LogP) is 7.39. The van der Waals surface area contributed by atoms with Crippen LogP contribution in [0.4, 0.5) is 53.3 Å². The second-order valence-electron chi connectivity index (χ2n) is 9.47. The quantitative estimate of drug-likeness (QED) is 0.111. The van der Waals surface area contributed by atoms with Gasteiger partial charge in [-0.25, -0.2) is 19.2 Å². The van der Waals surface area contributed by atoms with Crippen molar-refractivity contribution in [2.45, 2.75) is 13.8 Å². The number of benzene rings is 4. The normalized spacial score (nSPS) is 10.1. The number of carbonyl (C=O) groups is 4. The number of carbonyl (C=O) groups excluding carboxylic acids is 4. The summed E-state index contributed by atoms with van der Waals surface area (Å²) in [5.41, 5.74) is 4.57. The lowest BCUT2D eigenvalue weighted by Crippen LogP contribution is -2.22. The fraction of sp³-hybridized carbons (Fsp3) is 0.125. The molecule has 226 valence electrons. The second-order valence-corrected chi connectivity index (χ2v) is 9.47. The molecule has 0 saturated heterocycles. The van der Waals surface area contributed by atoms with Gasteiger partial charge in [0.2, 0.25) is 0 Å². The van der Waals surface area contributed by atoms with E-state index in [1.807, 2.05) is 12.1 Å². The number of para-hydroxylation sites is 2. The van der Waals surface area contributed by atoms with Crippen molar-refractivity contribution in [2.24, 2.45) is 0 Å². The van der Waals surface area contributed by atoms with E-state index in [-0.39, 0.29) is 13.2 Å². The Balaban J connectivity index is 1.19. The molecule has 0 fully saturated rings. The predicted molar refractivity (Wildman–Crippen MR) is 170 cm³/mol. The first kappa shape index (κ1) is 30.9. The third-order valence-electron chi connectivity index (χ3n) is 6.08. The van der Waals surface area contributed by atoms with Gasteiger partial charge in [0.05, 0.1) is 0 Å². The molecule has 12 heteroatoms. The summed E-state index contributed by atoms with van der Waals surface area (Å²) < 4.78 is 10.3. The lowest BCUT2D eigenvalue weighted by atomic mass is 10.2. The van der Waals surface area contributed by atoms with Gasteiger partial charge >= 0.3 is 24.2 Å². The molecule has 0 aliphatic rings. The van der Waals surface area contributed by atoms with E-state index in [1.54, 1.807) is 98.8 Å². The van der Waals surface area contributed by atoms with Crippen molar-refractivity contribution < 1.29 is 28.7 Å². The van der Waals surface area contributed by atoms with Crippen LogP contribution in [0.5, 0.6) is 0 Å². The van der Waals surface area contributed by atoms with Crippen molar-refractivity contribution in [3.8, 4) is 0 Å². The highest BCUT2D eigenvalue weighted by molar-refractivity contribution is 6.01. The molecule has 12 nitrogen and oxygen atoms in total. The average molecular weight is 597 g/mol. The number of hydrogen-bond acceptors (Lipinski definition) is 6. The number of nitrogens with one attached hydrogen (secondary N) is 6. The minimum Gasteiger partial charge on any atom is -0.446 e. The Morgan fingerprint density at radius 3 is 1.23 bits per heavy atom. The van der Waals surface area contributed by atoms with Gasteiger partial charge in [-0.05, 0) is 73.5 Å². The number of rotatable bonds is 9. The fourth-order valence-electron chi connectivity index (χ4n) is 3.86. The van der Waals surface area contributed by atoms with Crippen LogP contribution in [0.2, 0.25) is 0 Å². The molecule has 0 unspecified atom stereocenters. The van der Waals surface area contributed by atoms with E-state index in [2.05, 4.69) is 31.9 Å². The second kappa shape index (κ2) is 15.3. The first-order chi connectivity index (χ1) is 21.2. The van der Waals surface area contributed by atoms with E-state index >= 15 is 0 Å². The summed E-state index contributed by atoms with van der Waals surface area (Å²) in [5, 5.41) is 16.1. The molecule has 0 atom stereocenters. The Morgan fingerprint density at radius 2 is 0.841 bits per heavy atom. The molecule has 0 saturated carbocycles. The molecule has 6 amide bonds. The summed E-state index contributed by atoms with van der Waals surface area (Å²) in [6.07, 6.45) is -1.52. The maximum Gasteiger partial charge on any atom is 0.411 e. The van der Waals surface area contributed by atoms with Crippen LogP contribution in [-0.2, 0) is 9.47 Å². The highest BCUT2D eigenvalue weighted by Crippen LogP contribution is 2.22. The summed E-state index contributed by atoms with van der Waals surface area (Å²) in [6.45, 7) is 3.18. The minimum atomic E-state index is -0.758. The molecule has 0 aromatic heterocycles. The zero-order chi connectivity index (χ0) is 31.3. The van der Waals surface area contributed by atoms with E-state index < -0.39 is 24.2 Å². The van der Waals surface area contributed by atoms with Crippen LogP contribution in [0.1, 0.15) is 11.1 Å². The monoisotopic (exact) mass is 596 g/mol. The molecule has 0 radical (unpaired) electrons. The Hall–Kier alpha value is -6.04. The molecule has 0 aliphatic carbocycles. The van der Waals surface area contributed by atoms with E-state index in [1.165, 1.54) is 0 Å². The molecule has 4 rings (SSSR count). The molecule has 0 spiro atoms. The minimum absolute atomic E-state index is 0.198. The summed E-state index contributed by atoms with van der Waals surface area (Å²) in [4.78, 5) is 49.2. The summed E-state index contributed by atoms with van der Waals surface area (Å²) in [7, 11) is 0. The van der Waals surface area contributed by atoms with Crippen molar-refractivity contribution in [1.82, 2.24) is 0 Å². The molecular formula is C32H32N6O6. The van der Waals surface area contributed by atoms with Gasteiger partial charge in [-0.1, -0.05) is 48.5 Å². The summed E-state index contributed by atoms with van der Waals surface area (Å²) in [5.74, 6) is 0. The molecule has 0 bridgehead atoms. The summed E-state index contributed by atoms with van der Waals surface area (Å²) >= 11 is 0. The van der Waals surface area contributed by atoms with Crippen LogP contribution in [0, 0.1) is 13.8 Å². The summed E-state index contributed by atoms with van der Waals surface area (Å²) in [6, 6.07) is 27.2. The number of amides is 6. The molecule has 4 aromatic carbocycles. The van der Waals surface area contributed by atoms with Gasteiger partial charge in [0.15, 0.2) is 0 Å². The molecular weight excluding hydrogens is 564 g/mol. The number of hydrogen-bond donors (Lipinski definition) is 6. The SMILES string of the molecule is Cc1ccc(NC(=O)Nc2ccccc2)cc1NC(=O)OCCOC(=O)Nc1cc(NC(=O)Nc2ccccc2)ccc1C. The molecule has 0 aliphatic heterocycles. The van der Waals surface area contributed by atoms with Gasteiger partial charge in [-0.15, -0.1) is 0 Å². The van der Waals surface area contributed by atoms with Crippen LogP contribution >= 0.6 is 0 Å². The highest BCUT2D eigenvalue weighted by atomic mass is 16.6. The lowest BCUT2D eigenvalue weighted by Gasteiger charge is -2.13. The van der Waals surface area contributed by atoms with Gasteiger partial charge < -0.3 is 30.7 Å². The highest BCUT2D eigenvalue weighted by Gasteiger charge is 2.11. The van der Waals surface area contributed by atoms with Crippen molar-refractivity contribution in [3.63, 3.8) is 0 Å². The molecule has 6 N–H and O–H groups in total. The number of aryl methyl sites for hydroxylation is 2. The molecule has 4 aromatic rings. The van der Waals surface area contributed by atoms with Gasteiger partial charge in [-0.3, -0.25) is 10.6 Å². The zero-order valence-corrected chi connectivity index (χ0v) is 24.1. The Morgan fingerprint density at radius 1 is 0.477 bits per heavy atom. The smallest absolute Gasteiger partial charge is 0.411 e. The first-order valence-electron chi connectivity index (χ1n) is 13.6. The van der Waals surface area contributed by atoms with Crippen LogP contribution in [0.3, 0.4) is 0 Å². The largest absolute Gasteiger partial charge is 0.446 e. The Labute approximate surface area is 254 Å². The van der Waals surface area contributed by atoms with Gasteiger partial charge in [0.1, 0.15) is 13.2 Å². The molecule has 44 heavy (non-hydrogen) atoms. The Kier molecular flexibility index (Phi) is 10.7. The van der Waals surface area contributed by atoms with Crippen LogP contribution in [0.25, 0.3) is 0 Å². The zero-order valence-electron chi connectivity index (χ0n) is 24.1. The Bertz CT molecular complexity index is 1490. The average Bonchev–Trinajstić information content (AvgIpc) is 3.00. The first-order valence-corrected chi connectivity index (χ1v) is 13.6. The number of anilines is 6. The van der Waals surface area contributed by atoms with E-state index in [0.29, 0.717) is 34.1 Å². The standard InChI is InChI=1S/C32H32N6O6/c1-21-13-15-25(35-29(39)33-23-9-5-3-6-10-23)19-27(21)37-31(41)43-17-18-44-32(42)38-28-20-26(16-14-22(28)2)36-30(40)34-24-11-7-4-8-12-24/h3-16,19-20H,17-18H2,1-2H3,(H,37,41)(H,38,42)(H2,33,35,39)(H2,34,36,40). The van der Waals surface area contributed by atoms with Crippen LogP contribution in [0.15, 0.2) is 97.1 Å². The van der Waals surface area contributed by atoms with Crippen molar-refractivity contribution in [2.75, 3.05) is 45.1 Å². The van der Waals surface area contributed by atoms with Crippen molar-refractivity contribution in [3.05, 3.63) is 108 Å². The maximum absolute atomic E-state index is 12.3. The van der Waals surface area contributed by atoms with Gasteiger partial charge in [0.25, 0.3) is 0 Å². The van der Waals surface area contributed by atoms with E-state index in [4.69, 9.17) is 9.47 Å². The van der Waals surface area contributed by atoms with Gasteiger partial charge in [-0.2, -0.15) is 0 Å². The van der Waals surface area contributed by atoms with Crippen LogP contribution in [-0.4, -0.2) is 37.5 Å². The van der Waals surface area contributed by atoms with Gasteiger partial charge in [0, 0.05) is 34.1 Å². The number of ether oxygens (including phenoxy) is 2. The topological polar surface area (TPSA) is 159 Å². The van der Waals surface area contributed by atoms with Crippen molar-refractivity contribution >= 4 is 58.4 Å². The molecule has 0 heterocycles. The third-order valence-corrected chi connectivity index (χ3v) is 6.08. The van der Waals surface area contributed by atoms with E-state index in [9.17, 15) is 19.2 Å². The maximum atomic E-state index is 12.3. The third kappa shape index (κ3) is 9.80. The number of urea groups is 2. The lowest BCUT2D eigenvalue weighted by molar-refractivity contribution is 0.110. The van der Waals surface area contributed by atoms with E-state index in [0.717, 1.165) is 11.1 Å². The fourth-order valence-corrected chi connectivity index (χ4v) is 3.86.